The number of rotatable bonds is 4. The van der Waals surface area contributed by atoms with Crippen LogP contribution in [0.15, 0.2) is 11.6 Å². The SMILES string of the molecule is CCOC(=O)OC(=O)[C@H](C)[C@@H]1CC[C@@H](C)[C@@H]2CC[C@@](C)(OO)C=C21. The maximum atomic E-state index is 12.3. The second-order valence-electron chi connectivity index (χ2n) is 7.25. The number of carbonyl (C=O) groups excluding carboxylic acids is 2. The molecule has 0 aliphatic heterocycles. The molecule has 6 nitrogen and oxygen atoms in total. The molecule has 1 N–H and O–H groups in total. The van der Waals surface area contributed by atoms with Crippen molar-refractivity contribution in [2.24, 2.45) is 23.7 Å². The summed E-state index contributed by atoms with van der Waals surface area (Å²) in [5.41, 5.74) is 0.427. The molecule has 0 unspecified atom stereocenters. The third-order valence-electron chi connectivity index (χ3n) is 5.53. The van der Waals surface area contributed by atoms with Crippen LogP contribution < -0.4 is 0 Å². The summed E-state index contributed by atoms with van der Waals surface area (Å²) in [6.07, 6.45) is 4.56. The van der Waals surface area contributed by atoms with Gasteiger partial charge in [0.15, 0.2) is 0 Å². The summed E-state index contributed by atoms with van der Waals surface area (Å²) in [6.45, 7) is 7.67. The van der Waals surface area contributed by atoms with Gasteiger partial charge in [0, 0.05) is 0 Å². The number of allylic oxidation sites excluding steroid dienone is 1. The Balaban J connectivity index is 2.18. The first-order chi connectivity index (χ1) is 11.3. The van der Waals surface area contributed by atoms with Gasteiger partial charge in [-0.15, -0.1) is 0 Å². The van der Waals surface area contributed by atoms with E-state index in [4.69, 9.17) is 4.74 Å². The Kier molecular flexibility index (Phi) is 6.04. The average Bonchev–Trinajstić information content (AvgIpc) is 2.54. The molecule has 0 aromatic carbocycles. The predicted octanol–water partition coefficient (Wildman–Crippen LogP) is 3.95. The van der Waals surface area contributed by atoms with Gasteiger partial charge in [-0.25, -0.2) is 9.68 Å². The van der Waals surface area contributed by atoms with Crippen molar-refractivity contribution in [3.05, 3.63) is 11.6 Å². The van der Waals surface area contributed by atoms with Crippen molar-refractivity contribution in [1.29, 1.82) is 0 Å². The molecule has 0 radical (unpaired) electrons. The number of hydrogen-bond acceptors (Lipinski definition) is 6. The molecule has 0 saturated heterocycles. The highest BCUT2D eigenvalue weighted by atomic mass is 17.1. The first kappa shape index (κ1) is 18.9. The van der Waals surface area contributed by atoms with E-state index in [2.05, 4.69) is 16.5 Å². The molecule has 1 fully saturated rings. The van der Waals surface area contributed by atoms with E-state index in [0.717, 1.165) is 31.3 Å². The zero-order valence-electron chi connectivity index (χ0n) is 14.9. The first-order valence-electron chi connectivity index (χ1n) is 8.75. The minimum Gasteiger partial charge on any atom is -0.434 e. The minimum absolute atomic E-state index is 0.0112. The van der Waals surface area contributed by atoms with Crippen LogP contribution in [0.5, 0.6) is 0 Å². The first-order valence-corrected chi connectivity index (χ1v) is 8.75. The van der Waals surface area contributed by atoms with Crippen LogP contribution in [-0.4, -0.2) is 29.6 Å². The lowest BCUT2D eigenvalue weighted by molar-refractivity contribution is -0.306. The van der Waals surface area contributed by atoms with Gasteiger partial charge in [0.25, 0.3) is 0 Å². The molecule has 1 saturated carbocycles. The summed E-state index contributed by atoms with van der Waals surface area (Å²) >= 11 is 0. The number of esters is 1. The van der Waals surface area contributed by atoms with Crippen molar-refractivity contribution >= 4 is 12.1 Å². The lowest BCUT2D eigenvalue weighted by Crippen LogP contribution is -2.40. The van der Waals surface area contributed by atoms with E-state index in [0.29, 0.717) is 11.8 Å². The third kappa shape index (κ3) is 3.98. The lowest BCUT2D eigenvalue weighted by atomic mass is 9.62. The largest absolute Gasteiger partial charge is 0.516 e. The van der Waals surface area contributed by atoms with Crippen molar-refractivity contribution in [3.8, 4) is 0 Å². The average molecular weight is 340 g/mol. The van der Waals surface area contributed by atoms with Gasteiger partial charge in [-0.3, -0.25) is 10.1 Å². The molecule has 24 heavy (non-hydrogen) atoms. The highest BCUT2D eigenvalue weighted by Gasteiger charge is 2.43. The monoisotopic (exact) mass is 340 g/mol. The molecular weight excluding hydrogens is 312 g/mol. The molecule has 0 aromatic heterocycles. The molecule has 6 heteroatoms. The number of hydrogen-bond donors (Lipinski definition) is 1. The van der Waals surface area contributed by atoms with Crippen LogP contribution in [0.25, 0.3) is 0 Å². The third-order valence-corrected chi connectivity index (χ3v) is 5.53. The topological polar surface area (TPSA) is 82.1 Å². The van der Waals surface area contributed by atoms with Crippen LogP contribution in [0.4, 0.5) is 4.79 Å². The number of ether oxygens (including phenoxy) is 2. The molecule has 2 rings (SSSR count). The second kappa shape index (κ2) is 7.66. The smallest absolute Gasteiger partial charge is 0.434 e. The van der Waals surface area contributed by atoms with Gasteiger partial charge in [-0.2, -0.15) is 0 Å². The molecule has 2 aliphatic rings. The van der Waals surface area contributed by atoms with Crippen LogP contribution in [-0.2, 0) is 19.2 Å². The van der Waals surface area contributed by atoms with Crippen molar-refractivity contribution in [1.82, 2.24) is 0 Å². The Labute approximate surface area is 143 Å². The molecule has 0 amide bonds. The Hall–Kier alpha value is -1.40. The number of fused-ring (bicyclic) bond motifs is 1. The van der Waals surface area contributed by atoms with Crippen molar-refractivity contribution < 1.29 is 29.2 Å². The van der Waals surface area contributed by atoms with E-state index in [1.165, 1.54) is 0 Å². The van der Waals surface area contributed by atoms with E-state index < -0.39 is 23.6 Å². The van der Waals surface area contributed by atoms with E-state index >= 15 is 0 Å². The van der Waals surface area contributed by atoms with Crippen LogP contribution in [0.1, 0.15) is 53.4 Å². The fourth-order valence-electron chi connectivity index (χ4n) is 4.04. The normalized spacial score (nSPS) is 33.9. The summed E-state index contributed by atoms with van der Waals surface area (Å²) < 4.78 is 9.46. The molecule has 0 bridgehead atoms. The van der Waals surface area contributed by atoms with E-state index in [-0.39, 0.29) is 12.5 Å². The summed E-state index contributed by atoms with van der Waals surface area (Å²) in [5.74, 6) is -0.113. The molecule has 136 valence electrons. The van der Waals surface area contributed by atoms with Gasteiger partial charge in [-0.1, -0.05) is 25.5 Å². The minimum atomic E-state index is -0.948. The highest BCUT2D eigenvalue weighted by molar-refractivity contribution is 5.83. The molecule has 0 aromatic rings. The quantitative estimate of drug-likeness (QED) is 0.274. The Bertz CT molecular complexity index is 514. The van der Waals surface area contributed by atoms with Crippen LogP contribution in [0.3, 0.4) is 0 Å². The maximum absolute atomic E-state index is 12.3. The zero-order chi connectivity index (χ0) is 17.9. The van der Waals surface area contributed by atoms with Gasteiger partial charge in [-0.05, 0) is 57.3 Å². The van der Waals surface area contributed by atoms with E-state index in [1.54, 1.807) is 13.8 Å². The van der Waals surface area contributed by atoms with Gasteiger partial charge < -0.3 is 9.47 Å². The van der Waals surface area contributed by atoms with Gasteiger partial charge in [0.2, 0.25) is 0 Å². The van der Waals surface area contributed by atoms with Gasteiger partial charge in [0.1, 0.15) is 5.60 Å². The van der Waals surface area contributed by atoms with Crippen molar-refractivity contribution in [3.63, 3.8) is 0 Å². The fraction of sp³-hybridized carbons (Fsp3) is 0.778. The Morgan fingerprint density at radius 3 is 2.71 bits per heavy atom. The van der Waals surface area contributed by atoms with Crippen molar-refractivity contribution in [2.45, 2.75) is 59.0 Å². The standard InChI is InChI=1S/C18H28O6/c1-5-22-17(20)23-16(19)12(3)14-7-6-11(2)13-8-9-18(4,24-21)10-15(13)14/h10-14,21H,5-9H2,1-4H3/t11-,12-,13+,14+,18-/m1/s1. The number of carbonyl (C=O) groups is 2. The molecule has 0 spiro atoms. The van der Waals surface area contributed by atoms with Crippen molar-refractivity contribution in [2.75, 3.05) is 6.61 Å². The molecular formula is C18H28O6. The zero-order valence-corrected chi connectivity index (χ0v) is 14.9. The Morgan fingerprint density at radius 1 is 1.38 bits per heavy atom. The van der Waals surface area contributed by atoms with E-state index in [9.17, 15) is 14.8 Å². The Morgan fingerprint density at radius 2 is 2.08 bits per heavy atom. The van der Waals surface area contributed by atoms with Gasteiger partial charge >= 0.3 is 12.1 Å². The lowest BCUT2D eigenvalue weighted by Gasteiger charge is -2.44. The van der Waals surface area contributed by atoms with Crippen LogP contribution >= 0.6 is 0 Å². The predicted molar refractivity (Wildman–Crippen MR) is 87.1 cm³/mol. The fourth-order valence-corrected chi connectivity index (χ4v) is 4.04. The van der Waals surface area contributed by atoms with E-state index in [1.807, 2.05) is 13.0 Å². The summed E-state index contributed by atoms with van der Waals surface area (Å²) in [4.78, 5) is 28.4. The second-order valence-corrected chi connectivity index (χ2v) is 7.25. The molecule has 5 atom stereocenters. The highest BCUT2D eigenvalue weighted by Crippen LogP contribution is 2.48. The van der Waals surface area contributed by atoms with Crippen LogP contribution in [0.2, 0.25) is 0 Å². The molecule has 0 heterocycles. The van der Waals surface area contributed by atoms with Crippen LogP contribution in [0, 0.1) is 23.7 Å². The van der Waals surface area contributed by atoms with Gasteiger partial charge in [0.05, 0.1) is 12.5 Å². The molecule has 2 aliphatic carbocycles. The summed E-state index contributed by atoms with van der Waals surface area (Å²) in [5, 5.41) is 9.22. The maximum Gasteiger partial charge on any atom is 0.516 e. The summed E-state index contributed by atoms with van der Waals surface area (Å²) in [6, 6.07) is 0. The summed E-state index contributed by atoms with van der Waals surface area (Å²) in [7, 11) is 0.